The van der Waals surface area contributed by atoms with Crippen LogP contribution in [0.1, 0.15) is 11.5 Å². The first-order chi connectivity index (χ1) is 17.1. The number of imidazole rings is 1. The Hall–Kier alpha value is -3.75. The Morgan fingerprint density at radius 1 is 1.06 bits per heavy atom. The summed E-state index contributed by atoms with van der Waals surface area (Å²) in [5, 5.41) is 6.12. The number of benzene rings is 2. The quantitative estimate of drug-likeness (QED) is 0.418. The number of methoxy groups -OCH3 is 1. The van der Waals surface area contributed by atoms with Crippen LogP contribution in [0.3, 0.4) is 0 Å². The molecule has 2 amide bonds. The van der Waals surface area contributed by atoms with Gasteiger partial charge in [0.2, 0.25) is 0 Å². The lowest BCUT2D eigenvalue weighted by Crippen LogP contribution is -2.42. The third-order valence-electron chi connectivity index (χ3n) is 6.41. The van der Waals surface area contributed by atoms with E-state index in [2.05, 4.69) is 32.7 Å². The fourth-order valence-electron chi connectivity index (χ4n) is 4.72. The number of anilines is 1. The van der Waals surface area contributed by atoms with Crippen molar-refractivity contribution in [3.63, 3.8) is 0 Å². The van der Waals surface area contributed by atoms with Gasteiger partial charge in [-0.3, -0.25) is 14.6 Å². The average molecular weight is 474 g/mol. The number of fused-ring (bicyclic) bond motifs is 1. The van der Waals surface area contributed by atoms with Crippen LogP contribution in [0, 0.1) is 5.82 Å². The molecule has 8 heteroatoms. The van der Waals surface area contributed by atoms with Gasteiger partial charge in [-0.05, 0) is 17.7 Å². The predicted octanol–water partition coefficient (Wildman–Crippen LogP) is 4.38. The van der Waals surface area contributed by atoms with E-state index in [1.807, 2.05) is 48.5 Å². The third kappa shape index (κ3) is 5.03. The van der Waals surface area contributed by atoms with E-state index in [0.29, 0.717) is 30.3 Å². The van der Waals surface area contributed by atoms with E-state index < -0.39 is 5.82 Å². The number of carbonyl (C=O) groups excluding carboxylic acids is 1. The van der Waals surface area contributed by atoms with Crippen molar-refractivity contribution in [3.05, 3.63) is 90.4 Å². The zero-order chi connectivity index (χ0) is 24.2. The maximum Gasteiger partial charge on any atom is 0.320 e. The number of hydrogen-bond acceptors (Lipinski definition) is 4. The van der Waals surface area contributed by atoms with Crippen LogP contribution >= 0.6 is 0 Å². The fraction of sp³-hybridized carbons (Fsp3) is 0.259. The minimum atomic E-state index is -0.410. The number of carbonyl (C=O) groups is 1. The molecule has 5 rings (SSSR count). The topological polar surface area (TPSA) is 70.9 Å². The Balaban J connectivity index is 1.41. The Bertz CT molecular complexity index is 1300. The Morgan fingerprint density at radius 2 is 1.80 bits per heavy atom. The third-order valence-corrected chi connectivity index (χ3v) is 6.41. The zero-order valence-corrected chi connectivity index (χ0v) is 19.5. The van der Waals surface area contributed by atoms with E-state index in [0.717, 1.165) is 18.7 Å². The molecule has 0 saturated carbocycles. The first-order valence-corrected chi connectivity index (χ1v) is 11.7. The molecule has 1 aliphatic rings. The van der Waals surface area contributed by atoms with Gasteiger partial charge < -0.3 is 10.1 Å². The van der Waals surface area contributed by atoms with Crippen LogP contribution in [0.25, 0.3) is 16.9 Å². The van der Waals surface area contributed by atoms with E-state index in [4.69, 9.17) is 4.74 Å². The van der Waals surface area contributed by atoms with E-state index in [9.17, 15) is 9.18 Å². The maximum absolute atomic E-state index is 14.1. The summed E-state index contributed by atoms with van der Waals surface area (Å²) in [5.41, 5.74) is 3.15. The number of rotatable bonds is 7. The van der Waals surface area contributed by atoms with Crippen LogP contribution in [-0.4, -0.2) is 59.7 Å². The zero-order valence-electron chi connectivity index (χ0n) is 19.5. The molecular weight excluding hydrogens is 445 g/mol. The van der Waals surface area contributed by atoms with Gasteiger partial charge in [-0.2, -0.15) is 0 Å². The number of halogens is 1. The number of ether oxygens (including phenoxy) is 1. The number of likely N-dealkylation sites (tertiary alicyclic amines) is 1. The second-order valence-electron chi connectivity index (χ2n) is 8.73. The fourth-order valence-corrected chi connectivity index (χ4v) is 4.72. The highest BCUT2D eigenvalue weighted by atomic mass is 19.1. The molecule has 0 bridgehead atoms. The summed E-state index contributed by atoms with van der Waals surface area (Å²) in [6.07, 6.45) is 1.33. The number of hydrogen-bond donors (Lipinski definition) is 2. The molecule has 1 fully saturated rings. The summed E-state index contributed by atoms with van der Waals surface area (Å²) < 4.78 is 20.9. The molecule has 7 nitrogen and oxygen atoms in total. The van der Waals surface area contributed by atoms with Gasteiger partial charge in [0.05, 0.1) is 12.6 Å². The van der Waals surface area contributed by atoms with Crippen molar-refractivity contribution in [1.29, 1.82) is 0 Å². The highest BCUT2D eigenvalue weighted by Gasteiger charge is 2.34. The molecule has 4 aromatic rings. The molecule has 2 atom stereocenters. The van der Waals surface area contributed by atoms with Crippen LogP contribution in [0.4, 0.5) is 15.0 Å². The van der Waals surface area contributed by atoms with Gasteiger partial charge in [-0.25, -0.2) is 14.2 Å². The summed E-state index contributed by atoms with van der Waals surface area (Å²) >= 11 is 0. The minimum Gasteiger partial charge on any atom is -0.383 e. The standard InChI is InChI=1S/C27H28FN5O2/c1-35-15-14-32-17-22(19-8-4-2-5-9-19)23(18-32)29-27(34)31-26-25(20-10-6-3-7-11-20)30-24-13-12-21(28)16-33(24)26/h2-13,16,22-23H,14-15,17-18H2,1H3,(H2,29,31,34)/t22-,23+/m1/s1. The number of nitrogens with zero attached hydrogens (tertiary/aromatic N) is 3. The van der Waals surface area contributed by atoms with Crippen molar-refractivity contribution >= 4 is 17.5 Å². The van der Waals surface area contributed by atoms with Crippen LogP contribution in [-0.2, 0) is 4.74 Å². The molecule has 3 heterocycles. The molecule has 0 unspecified atom stereocenters. The van der Waals surface area contributed by atoms with Gasteiger partial charge in [-0.15, -0.1) is 0 Å². The summed E-state index contributed by atoms with van der Waals surface area (Å²) in [4.78, 5) is 20.2. The van der Waals surface area contributed by atoms with Gasteiger partial charge in [0.25, 0.3) is 0 Å². The highest BCUT2D eigenvalue weighted by molar-refractivity contribution is 5.93. The second-order valence-corrected chi connectivity index (χ2v) is 8.73. The number of nitrogens with one attached hydrogen (secondary N) is 2. The van der Waals surface area contributed by atoms with E-state index >= 15 is 0 Å². The summed E-state index contributed by atoms with van der Waals surface area (Å²) in [6.45, 7) is 2.97. The summed E-state index contributed by atoms with van der Waals surface area (Å²) in [7, 11) is 1.69. The van der Waals surface area contributed by atoms with Crippen molar-refractivity contribution in [2.45, 2.75) is 12.0 Å². The lowest BCUT2D eigenvalue weighted by Gasteiger charge is -2.21. The normalized spacial score (nSPS) is 18.1. The van der Waals surface area contributed by atoms with Crippen LogP contribution < -0.4 is 10.6 Å². The van der Waals surface area contributed by atoms with Crippen molar-refractivity contribution in [2.24, 2.45) is 0 Å². The SMILES string of the molecule is COCCN1C[C@H](NC(=O)Nc2c(-c3ccccc3)nc3ccc(F)cn23)[C@@H](c2ccccc2)C1. The molecule has 2 aromatic carbocycles. The number of pyridine rings is 1. The lowest BCUT2D eigenvalue weighted by molar-refractivity contribution is 0.159. The Kier molecular flexibility index (Phi) is 6.74. The van der Waals surface area contributed by atoms with E-state index in [1.165, 1.54) is 17.8 Å². The van der Waals surface area contributed by atoms with Crippen molar-refractivity contribution in [1.82, 2.24) is 19.6 Å². The van der Waals surface area contributed by atoms with E-state index in [1.54, 1.807) is 17.6 Å². The first-order valence-electron chi connectivity index (χ1n) is 11.7. The van der Waals surface area contributed by atoms with Crippen LogP contribution in [0.2, 0.25) is 0 Å². The monoisotopic (exact) mass is 473 g/mol. The van der Waals surface area contributed by atoms with Gasteiger partial charge in [0.1, 0.15) is 23.0 Å². The van der Waals surface area contributed by atoms with Crippen molar-refractivity contribution in [2.75, 3.05) is 38.7 Å². The van der Waals surface area contributed by atoms with Gasteiger partial charge in [-0.1, -0.05) is 60.7 Å². The smallest absolute Gasteiger partial charge is 0.320 e. The molecule has 0 spiro atoms. The molecule has 2 aromatic heterocycles. The molecule has 180 valence electrons. The molecular formula is C27H28FN5O2. The van der Waals surface area contributed by atoms with Crippen LogP contribution in [0.5, 0.6) is 0 Å². The largest absolute Gasteiger partial charge is 0.383 e. The molecule has 0 aliphatic carbocycles. The average Bonchev–Trinajstić information content (AvgIpc) is 3.44. The highest BCUT2D eigenvalue weighted by Crippen LogP contribution is 2.30. The van der Waals surface area contributed by atoms with Crippen molar-refractivity contribution < 1.29 is 13.9 Å². The van der Waals surface area contributed by atoms with Crippen molar-refractivity contribution in [3.8, 4) is 11.3 Å². The van der Waals surface area contributed by atoms with Gasteiger partial charge in [0.15, 0.2) is 0 Å². The molecule has 1 aliphatic heterocycles. The number of aromatic nitrogens is 2. The second kappa shape index (κ2) is 10.2. The maximum atomic E-state index is 14.1. The van der Waals surface area contributed by atoms with E-state index in [-0.39, 0.29) is 18.0 Å². The Labute approximate surface area is 203 Å². The minimum absolute atomic E-state index is 0.0923. The molecule has 35 heavy (non-hydrogen) atoms. The number of amides is 2. The van der Waals surface area contributed by atoms with Gasteiger partial charge in [0, 0.05) is 44.4 Å². The Morgan fingerprint density at radius 3 is 2.54 bits per heavy atom. The lowest BCUT2D eigenvalue weighted by atomic mass is 9.94. The summed E-state index contributed by atoms with van der Waals surface area (Å²) in [5.74, 6) is 0.160. The first kappa shape index (κ1) is 23.0. The molecule has 1 saturated heterocycles. The summed E-state index contributed by atoms with van der Waals surface area (Å²) in [6, 6.07) is 22.3. The molecule has 0 radical (unpaired) electrons. The predicted molar refractivity (Wildman–Crippen MR) is 134 cm³/mol. The number of urea groups is 1. The van der Waals surface area contributed by atoms with Crippen LogP contribution in [0.15, 0.2) is 79.0 Å². The molecule has 2 N–H and O–H groups in total. The van der Waals surface area contributed by atoms with Gasteiger partial charge >= 0.3 is 6.03 Å².